The first-order chi connectivity index (χ1) is 19.6. The van der Waals surface area contributed by atoms with E-state index in [1.54, 1.807) is 47.7 Å². The molecule has 0 radical (unpaired) electrons. The molecule has 2 heterocycles. The minimum atomic E-state index is -4.25. The van der Waals surface area contributed by atoms with Crippen molar-refractivity contribution in [2.45, 2.75) is 53.3 Å². The number of imidazole rings is 1. The van der Waals surface area contributed by atoms with Crippen LogP contribution in [-0.4, -0.2) is 47.3 Å². The van der Waals surface area contributed by atoms with E-state index in [1.165, 1.54) is 0 Å². The largest absolute Gasteiger partial charge is 0.462 e. The van der Waals surface area contributed by atoms with E-state index in [-0.39, 0.29) is 50.6 Å². The number of hydrogen-bond donors (Lipinski definition) is 2. The maximum absolute atomic E-state index is 13.3. The first-order valence-corrected chi connectivity index (χ1v) is 14.4. The lowest BCUT2D eigenvalue weighted by molar-refractivity contribution is -0.179. The number of carbonyl (C=O) groups excluding carboxylic acids is 2. The standard InChI is InChI=1S/C29H34Cl2F3N5O3/c1-6-42-25(40)18-13-20-22(14-21(18)39-11-9-17(10-12-39)29(32,33)34)38(5)27(36-20)37-24-19(30)8-7-16(23(24)31)15-35-26(41)28(2,3)4/h7-8,13-14,17H,6,9-12,15H2,1-5H3,(H,35,41)(H,36,37). The lowest BCUT2D eigenvalue weighted by Gasteiger charge is -2.35. The summed E-state index contributed by atoms with van der Waals surface area (Å²) in [5.41, 5.74) is 2.30. The van der Waals surface area contributed by atoms with E-state index in [1.807, 2.05) is 20.8 Å². The number of rotatable bonds is 7. The van der Waals surface area contributed by atoms with Gasteiger partial charge in [0, 0.05) is 32.1 Å². The van der Waals surface area contributed by atoms with Gasteiger partial charge in [-0.15, -0.1) is 0 Å². The van der Waals surface area contributed by atoms with E-state index in [2.05, 4.69) is 15.6 Å². The van der Waals surface area contributed by atoms with Crippen molar-refractivity contribution >= 4 is 63.4 Å². The molecule has 42 heavy (non-hydrogen) atoms. The molecule has 1 amide bonds. The minimum Gasteiger partial charge on any atom is -0.462 e. The van der Waals surface area contributed by atoms with Crippen LogP contribution in [0.3, 0.4) is 0 Å². The summed E-state index contributed by atoms with van der Waals surface area (Å²) in [6, 6.07) is 6.73. The molecular formula is C29H34Cl2F3N5O3. The van der Waals surface area contributed by atoms with Crippen LogP contribution in [0.25, 0.3) is 11.0 Å². The number of carbonyl (C=O) groups is 2. The number of anilines is 3. The predicted molar refractivity (Wildman–Crippen MR) is 159 cm³/mol. The number of piperidine rings is 1. The third kappa shape index (κ3) is 6.72. The van der Waals surface area contributed by atoms with Gasteiger partial charge in [-0.3, -0.25) is 4.79 Å². The zero-order chi connectivity index (χ0) is 31.0. The highest BCUT2D eigenvalue weighted by molar-refractivity contribution is 6.39. The molecule has 0 spiro atoms. The van der Waals surface area contributed by atoms with Gasteiger partial charge < -0.3 is 24.8 Å². The molecule has 2 N–H and O–H groups in total. The molecule has 1 aliphatic rings. The van der Waals surface area contributed by atoms with Crippen LogP contribution in [0.1, 0.15) is 56.5 Å². The van der Waals surface area contributed by atoms with E-state index in [0.717, 1.165) is 0 Å². The van der Waals surface area contributed by atoms with Crippen LogP contribution in [0, 0.1) is 11.3 Å². The Balaban J connectivity index is 1.68. The normalized spacial score (nSPS) is 14.8. The molecule has 0 atom stereocenters. The fraction of sp³-hybridized carbons (Fsp3) is 0.483. The molecule has 3 aromatic rings. The smallest absolute Gasteiger partial charge is 0.391 e. The molecule has 0 unspecified atom stereocenters. The first kappa shape index (κ1) is 31.7. The monoisotopic (exact) mass is 627 g/mol. The molecule has 0 aliphatic carbocycles. The number of nitrogens with one attached hydrogen (secondary N) is 2. The zero-order valence-electron chi connectivity index (χ0n) is 24.1. The van der Waals surface area contributed by atoms with Gasteiger partial charge in [-0.25, -0.2) is 9.78 Å². The average molecular weight is 629 g/mol. The fourth-order valence-corrected chi connectivity index (χ4v) is 5.35. The van der Waals surface area contributed by atoms with Crippen LogP contribution >= 0.6 is 23.2 Å². The van der Waals surface area contributed by atoms with Gasteiger partial charge in [0.2, 0.25) is 11.9 Å². The second kappa shape index (κ2) is 12.2. The Kier molecular flexibility index (Phi) is 9.22. The van der Waals surface area contributed by atoms with Gasteiger partial charge in [0.15, 0.2) is 0 Å². The van der Waals surface area contributed by atoms with Crippen molar-refractivity contribution < 1.29 is 27.5 Å². The quantitative estimate of drug-likeness (QED) is 0.268. The maximum Gasteiger partial charge on any atom is 0.391 e. The number of benzene rings is 2. The van der Waals surface area contributed by atoms with E-state index in [9.17, 15) is 22.8 Å². The number of hydrogen-bond acceptors (Lipinski definition) is 6. The van der Waals surface area contributed by atoms with Crippen molar-refractivity contribution in [3.63, 3.8) is 0 Å². The predicted octanol–water partition coefficient (Wildman–Crippen LogP) is 7.24. The van der Waals surface area contributed by atoms with E-state index in [4.69, 9.17) is 27.9 Å². The Hall–Kier alpha value is -3.18. The van der Waals surface area contributed by atoms with Crippen LogP contribution in [0.2, 0.25) is 10.0 Å². The van der Waals surface area contributed by atoms with Crippen LogP contribution in [0.5, 0.6) is 0 Å². The van der Waals surface area contributed by atoms with Gasteiger partial charge in [-0.2, -0.15) is 13.2 Å². The highest BCUT2D eigenvalue weighted by atomic mass is 35.5. The van der Waals surface area contributed by atoms with Crippen molar-refractivity contribution in [3.8, 4) is 0 Å². The topological polar surface area (TPSA) is 88.5 Å². The van der Waals surface area contributed by atoms with Gasteiger partial charge >= 0.3 is 12.1 Å². The summed E-state index contributed by atoms with van der Waals surface area (Å²) in [7, 11) is 1.76. The van der Waals surface area contributed by atoms with Gasteiger partial charge in [-0.05, 0) is 43.5 Å². The third-order valence-electron chi connectivity index (χ3n) is 7.32. The molecule has 1 saturated heterocycles. The molecule has 4 rings (SSSR count). The lowest BCUT2D eigenvalue weighted by atomic mass is 9.95. The number of esters is 1. The van der Waals surface area contributed by atoms with E-state index < -0.39 is 23.5 Å². The average Bonchev–Trinajstić information content (AvgIpc) is 3.22. The molecule has 13 heteroatoms. The molecule has 2 aromatic carbocycles. The Morgan fingerprint density at radius 1 is 1.12 bits per heavy atom. The van der Waals surface area contributed by atoms with E-state index >= 15 is 0 Å². The lowest BCUT2D eigenvalue weighted by Crippen LogP contribution is -2.39. The molecule has 228 valence electrons. The number of aryl methyl sites for hydroxylation is 1. The van der Waals surface area contributed by atoms with Crippen molar-refractivity contribution in [1.82, 2.24) is 14.9 Å². The Bertz CT molecular complexity index is 1490. The number of halogens is 5. The summed E-state index contributed by atoms with van der Waals surface area (Å²) in [4.78, 5) is 31.7. The number of fused-ring (bicyclic) bond motifs is 1. The molecule has 1 aliphatic heterocycles. The SMILES string of the molecule is CCOC(=O)c1cc2nc(Nc3c(Cl)ccc(CNC(=O)C(C)(C)C)c3Cl)n(C)c2cc1N1CCC(C(F)(F)F)CC1. The van der Waals surface area contributed by atoms with Gasteiger partial charge in [0.25, 0.3) is 0 Å². The summed E-state index contributed by atoms with van der Waals surface area (Å²) >= 11 is 13.2. The van der Waals surface area contributed by atoms with Gasteiger partial charge in [-0.1, -0.05) is 50.0 Å². The van der Waals surface area contributed by atoms with Crippen molar-refractivity contribution in [3.05, 3.63) is 45.4 Å². The summed E-state index contributed by atoms with van der Waals surface area (Å²) in [6.45, 7) is 7.76. The second-order valence-corrected chi connectivity index (χ2v) is 12.1. The minimum absolute atomic E-state index is 0.0639. The van der Waals surface area contributed by atoms with Gasteiger partial charge in [0.05, 0.1) is 50.5 Å². The van der Waals surface area contributed by atoms with Crippen LogP contribution in [-0.2, 0) is 23.1 Å². The highest BCUT2D eigenvalue weighted by Crippen LogP contribution is 2.39. The zero-order valence-corrected chi connectivity index (χ0v) is 25.6. The first-order valence-electron chi connectivity index (χ1n) is 13.6. The Morgan fingerprint density at radius 3 is 2.38 bits per heavy atom. The van der Waals surface area contributed by atoms with Crippen molar-refractivity contribution in [2.75, 3.05) is 29.9 Å². The number of amides is 1. The molecule has 0 saturated carbocycles. The molecule has 1 aromatic heterocycles. The van der Waals surface area contributed by atoms with Crippen LogP contribution in [0.15, 0.2) is 24.3 Å². The summed E-state index contributed by atoms with van der Waals surface area (Å²) in [5, 5.41) is 6.69. The third-order valence-corrected chi connectivity index (χ3v) is 8.07. The summed E-state index contributed by atoms with van der Waals surface area (Å²) < 4.78 is 46.8. The number of alkyl halides is 3. The molecule has 8 nitrogen and oxygen atoms in total. The maximum atomic E-state index is 13.3. The van der Waals surface area contributed by atoms with Crippen molar-refractivity contribution in [2.24, 2.45) is 18.4 Å². The van der Waals surface area contributed by atoms with Crippen molar-refractivity contribution in [1.29, 1.82) is 0 Å². The second-order valence-electron chi connectivity index (χ2n) is 11.3. The summed E-state index contributed by atoms with van der Waals surface area (Å²) in [5.74, 6) is -1.71. The van der Waals surface area contributed by atoms with Crippen LogP contribution in [0.4, 0.5) is 30.5 Å². The van der Waals surface area contributed by atoms with Crippen LogP contribution < -0.4 is 15.5 Å². The molecule has 0 bridgehead atoms. The molecular weight excluding hydrogens is 594 g/mol. The number of ether oxygens (including phenoxy) is 1. The van der Waals surface area contributed by atoms with Gasteiger partial charge in [0.1, 0.15) is 0 Å². The summed E-state index contributed by atoms with van der Waals surface area (Å²) in [6.07, 6.45) is -4.38. The molecule has 1 fully saturated rings. The Labute approximate surface area is 252 Å². The Morgan fingerprint density at radius 2 is 1.79 bits per heavy atom. The van der Waals surface area contributed by atoms with E-state index in [0.29, 0.717) is 44.0 Å². The number of nitrogens with zero attached hydrogens (tertiary/aromatic N) is 3. The number of aromatic nitrogens is 2. The fourth-order valence-electron chi connectivity index (χ4n) is 4.82. The highest BCUT2D eigenvalue weighted by Gasteiger charge is 2.41.